The number of fused-ring (bicyclic) bond motifs is 1. The van der Waals surface area contributed by atoms with Crippen LogP contribution in [0.1, 0.15) is 17.3 Å². The van der Waals surface area contributed by atoms with Crippen LogP contribution in [0.15, 0.2) is 35.3 Å². The maximum absolute atomic E-state index is 12.9. The van der Waals surface area contributed by atoms with Crippen LogP contribution < -0.4 is 14.3 Å². The van der Waals surface area contributed by atoms with Crippen LogP contribution >= 0.6 is 34.5 Å². The number of benzene rings is 2. The second-order valence-electron chi connectivity index (χ2n) is 6.03. The molecule has 0 atom stereocenters. The molecule has 0 radical (unpaired) electrons. The number of methoxy groups -OCH3 is 2. The van der Waals surface area contributed by atoms with Gasteiger partial charge in [-0.25, -0.2) is 0 Å². The molecule has 0 aliphatic heterocycles. The van der Waals surface area contributed by atoms with Gasteiger partial charge in [0.1, 0.15) is 18.0 Å². The first-order valence-corrected chi connectivity index (χ1v) is 10.4. The van der Waals surface area contributed by atoms with E-state index in [0.29, 0.717) is 31.8 Å². The Morgan fingerprint density at radius 1 is 1.07 bits per heavy atom. The molecule has 0 aliphatic rings. The standard InChI is InChI=1S/C20H18Cl2N2O5S/c1-4-29-17(25)10-24-18-15(22)7-12(21)8-16(18)30-20(24)23-19(26)11-5-13(27-2)9-14(6-11)28-3/h5-9H,4,10H2,1-3H3. The van der Waals surface area contributed by atoms with Crippen molar-refractivity contribution in [1.29, 1.82) is 0 Å². The van der Waals surface area contributed by atoms with Gasteiger partial charge in [-0.05, 0) is 31.2 Å². The van der Waals surface area contributed by atoms with Crippen molar-refractivity contribution in [2.45, 2.75) is 13.5 Å². The molecule has 0 fully saturated rings. The topological polar surface area (TPSA) is 79.1 Å². The number of nitrogens with zero attached hydrogens (tertiary/aromatic N) is 2. The zero-order valence-corrected chi connectivity index (χ0v) is 18.7. The molecule has 7 nitrogen and oxygen atoms in total. The Morgan fingerprint density at radius 2 is 1.73 bits per heavy atom. The van der Waals surface area contributed by atoms with Gasteiger partial charge in [-0.2, -0.15) is 4.99 Å². The Labute approximate surface area is 186 Å². The maximum atomic E-state index is 12.9. The molecule has 0 spiro atoms. The van der Waals surface area contributed by atoms with Gasteiger partial charge < -0.3 is 18.8 Å². The summed E-state index contributed by atoms with van der Waals surface area (Å²) < 4.78 is 17.7. The lowest BCUT2D eigenvalue weighted by atomic mass is 10.2. The number of hydrogen-bond acceptors (Lipinski definition) is 6. The summed E-state index contributed by atoms with van der Waals surface area (Å²) in [6, 6.07) is 8.03. The Kier molecular flexibility index (Phi) is 7.02. The number of esters is 1. The highest BCUT2D eigenvalue weighted by Gasteiger charge is 2.16. The molecule has 0 N–H and O–H groups in total. The zero-order chi connectivity index (χ0) is 21.8. The number of rotatable bonds is 6. The van der Waals surface area contributed by atoms with Crippen molar-refractivity contribution in [1.82, 2.24) is 4.57 Å². The number of amides is 1. The summed E-state index contributed by atoms with van der Waals surface area (Å²) in [5.41, 5.74) is 0.823. The molecule has 1 amide bonds. The van der Waals surface area contributed by atoms with Crippen LogP contribution in [-0.2, 0) is 16.1 Å². The Morgan fingerprint density at radius 3 is 2.33 bits per heavy atom. The van der Waals surface area contributed by atoms with Crippen LogP contribution in [0.25, 0.3) is 10.2 Å². The van der Waals surface area contributed by atoms with Crippen LogP contribution in [0, 0.1) is 0 Å². The summed E-state index contributed by atoms with van der Waals surface area (Å²) in [4.78, 5) is 29.5. The van der Waals surface area contributed by atoms with Gasteiger partial charge in [0.25, 0.3) is 5.91 Å². The SMILES string of the molecule is CCOC(=O)Cn1c(=NC(=O)c2cc(OC)cc(OC)c2)sc2cc(Cl)cc(Cl)c21. The van der Waals surface area contributed by atoms with Gasteiger partial charge in [-0.1, -0.05) is 34.5 Å². The van der Waals surface area contributed by atoms with E-state index >= 15 is 0 Å². The van der Waals surface area contributed by atoms with Gasteiger partial charge in [-0.3, -0.25) is 9.59 Å². The molecule has 0 saturated carbocycles. The molecule has 30 heavy (non-hydrogen) atoms. The largest absolute Gasteiger partial charge is 0.497 e. The normalized spacial score (nSPS) is 11.6. The van der Waals surface area contributed by atoms with Gasteiger partial charge in [0.2, 0.25) is 0 Å². The van der Waals surface area contributed by atoms with Crippen LogP contribution in [0.4, 0.5) is 0 Å². The van der Waals surface area contributed by atoms with Gasteiger partial charge in [0.15, 0.2) is 4.80 Å². The lowest BCUT2D eigenvalue weighted by Crippen LogP contribution is -2.23. The van der Waals surface area contributed by atoms with Crippen LogP contribution in [0.2, 0.25) is 10.0 Å². The maximum Gasteiger partial charge on any atom is 0.326 e. The monoisotopic (exact) mass is 468 g/mol. The highest BCUT2D eigenvalue weighted by Crippen LogP contribution is 2.30. The molecule has 158 valence electrons. The first-order valence-electron chi connectivity index (χ1n) is 8.82. The lowest BCUT2D eigenvalue weighted by molar-refractivity contribution is -0.143. The van der Waals surface area contributed by atoms with Gasteiger partial charge in [0, 0.05) is 16.7 Å². The Hall–Kier alpha value is -2.55. The summed E-state index contributed by atoms with van der Waals surface area (Å²) in [5.74, 6) is -0.0873. The smallest absolute Gasteiger partial charge is 0.326 e. The van der Waals surface area contributed by atoms with Crippen LogP contribution in [0.3, 0.4) is 0 Å². The Bertz CT molecular complexity index is 1160. The van der Waals surface area contributed by atoms with E-state index in [0.717, 1.165) is 0 Å². The van der Waals surface area contributed by atoms with E-state index in [-0.39, 0.29) is 23.5 Å². The number of halogens is 2. The number of carbonyl (C=O) groups excluding carboxylic acids is 2. The minimum Gasteiger partial charge on any atom is -0.497 e. The molecule has 1 heterocycles. The molecule has 3 rings (SSSR count). The lowest BCUT2D eigenvalue weighted by Gasteiger charge is -2.07. The molecule has 2 aromatic carbocycles. The molecule has 3 aromatic rings. The highest BCUT2D eigenvalue weighted by atomic mass is 35.5. The van der Waals surface area contributed by atoms with E-state index in [1.165, 1.54) is 25.6 Å². The van der Waals surface area contributed by atoms with E-state index in [4.69, 9.17) is 37.4 Å². The summed E-state index contributed by atoms with van der Waals surface area (Å²) in [7, 11) is 2.98. The van der Waals surface area contributed by atoms with Gasteiger partial charge in [-0.15, -0.1) is 0 Å². The third-order valence-corrected chi connectivity index (χ3v) is 5.62. The van der Waals surface area contributed by atoms with Crippen molar-refractivity contribution in [2.24, 2.45) is 4.99 Å². The van der Waals surface area contributed by atoms with E-state index in [2.05, 4.69) is 4.99 Å². The van der Waals surface area contributed by atoms with Crippen molar-refractivity contribution < 1.29 is 23.8 Å². The highest BCUT2D eigenvalue weighted by molar-refractivity contribution is 7.16. The molecule has 0 bridgehead atoms. The summed E-state index contributed by atoms with van der Waals surface area (Å²) in [6.07, 6.45) is 0. The fraction of sp³-hybridized carbons (Fsp3) is 0.250. The summed E-state index contributed by atoms with van der Waals surface area (Å²) in [5, 5.41) is 0.780. The van der Waals surface area contributed by atoms with Gasteiger partial charge in [0.05, 0.1) is 36.1 Å². The fourth-order valence-corrected chi connectivity index (χ4v) is 4.59. The minimum atomic E-state index is -0.529. The predicted octanol–water partition coefficient (Wildman–Crippen LogP) is 4.33. The average molecular weight is 469 g/mol. The molecule has 0 saturated heterocycles. The van der Waals surface area contributed by atoms with Crippen molar-refractivity contribution in [3.05, 3.63) is 50.7 Å². The van der Waals surface area contributed by atoms with Crippen molar-refractivity contribution in [2.75, 3.05) is 20.8 Å². The number of thiazole rings is 1. The molecule has 1 aromatic heterocycles. The van der Waals surface area contributed by atoms with E-state index in [9.17, 15) is 9.59 Å². The molecular formula is C20H18Cl2N2O5S. The first-order chi connectivity index (χ1) is 14.4. The van der Waals surface area contributed by atoms with Crippen molar-refractivity contribution in [3.63, 3.8) is 0 Å². The fourth-order valence-electron chi connectivity index (χ4n) is 2.78. The van der Waals surface area contributed by atoms with Crippen molar-refractivity contribution in [3.8, 4) is 11.5 Å². The second kappa shape index (κ2) is 9.51. The van der Waals surface area contributed by atoms with Gasteiger partial charge >= 0.3 is 5.97 Å². The zero-order valence-electron chi connectivity index (χ0n) is 16.4. The molecule has 0 aliphatic carbocycles. The van der Waals surface area contributed by atoms with E-state index < -0.39 is 11.9 Å². The van der Waals surface area contributed by atoms with E-state index in [1.54, 1.807) is 41.8 Å². The Balaban J connectivity index is 2.16. The first kappa shape index (κ1) is 22.1. The number of aromatic nitrogens is 1. The summed E-state index contributed by atoms with van der Waals surface area (Å²) >= 11 is 13.7. The predicted molar refractivity (Wildman–Crippen MR) is 116 cm³/mol. The average Bonchev–Trinajstić information content (AvgIpc) is 3.04. The van der Waals surface area contributed by atoms with Crippen LogP contribution in [-0.4, -0.2) is 37.3 Å². The number of carbonyl (C=O) groups is 2. The van der Waals surface area contributed by atoms with E-state index in [1.807, 2.05) is 0 Å². The summed E-state index contributed by atoms with van der Waals surface area (Å²) in [6.45, 7) is 1.80. The molecular weight excluding hydrogens is 451 g/mol. The third-order valence-electron chi connectivity index (χ3n) is 4.08. The quantitative estimate of drug-likeness (QED) is 0.503. The molecule has 10 heteroatoms. The molecule has 0 unspecified atom stereocenters. The van der Waals surface area contributed by atoms with Crippen LogP contribution in [0.5, 0.6) is 11.5 Å². The van der Waals surface area contributed by atoms with Crippen molar-refractivity contribution >= 4 is 56.6 Å². The third kappa shape index (κ3) is 4.77. The number of ether oxygens (including phenoxy) is 3. The minimum absolute atomic E-state index is 0.150. The second-order valence-corrected chi connectivity index (χ2v) is 7.88. The number of hydrogen-bond donors (Lipinski definition) is 0.